The van der Waals surface area contributed by atoms with Crippen LogP contribution >= 0.6 is 22.9 Å². The number of rotatable bonds is 7. The molecule has 3 aromatic rings. The summed E-state index contributed by atoms with van der Waals surface area (Å²) in [6.07, 6.45) is 1.66. The molecule has 8 heteroatoms. The van der Waals surface area contributed by atoms with Gasteiger partial charge in [0.05, 0.1) is 22.3 Å². The molecule has 6 nitrogen and oxygen atoms in total. The lowest BCUT2D eigenvalue weighted by Crippen LogP contribution is -2.54. The zero-order valence-electron chi connectivity index (χ0n) is 16.7. The van der Waals surface area contributed by atoms with Crippen molar-refractivity contribution in [2.75, 3.05) is 0 Å². The van der Waals surface area contributed by atoms with Gasteiger partial charge in [-0.05, 0) is 42.2 Å². The van der Waals surface area contributed by atoms with E-state index in [4.69, 9.17) is 20.8 Å². The van der Waals surface area contributed by atoms with Crippen molar-refractivity contribution in [3.63, 3.8) is 0 Å². The Hall–Kier alpha value is -2.00. The monoisotopic (exact) mass is 461 g/mol. The van der Waals surface area contributed by atoms with E-state index in [0.29, 0.717) is 29.8 Å². The maximum atomic E-state index is 10.6. The molecule has 0 aliphatic carbocycles. The summed E-state index contributed by atoms with van der Waals surface area (Å²) in [6.45, 7) is 3.69. The van der Waals surface area contributed by atoms with Gasteiger partial charge in [0.25, 0.3) is 0 Å². The minimum absolute atomic E-state index is 0.500. The summed E-state index contributed by atoms with van der Waals surface area (Å²) in [5.41, 5.74) is 1.52. The van der Waals surface area contributed by atoms with Gasteiger partial charge in [0, 0.05) is 17.6 Å². The number of benzene rings is 1. The maximum Gasteiger partial charge on any atom is 0.145 e. The van der Waals surface area contributed by atoms with Crippen LogP contribution in [0.4, 0.5) is 0 Å². The molecule has 0 spiro atoms. The zero-order valence-corrected chi connectivity index (χ0v) is 18.3. The second kappa shape index (κ2) is 9.65. The third kappa shape index (κ3) is 4.77. The predicted octanol–water partition coefficient (Wildman–Crippen LogP) is 4.14. The van der Waals surface area contributed by atoms with Crippen LogP contribution in [0, 0.1) is 0 Å². The third-order valence-electron chi connectivity index (χ3n) is 5.43. The maximum absolute atomic E-state index is 10.6. The molecular formula is C23H24ClNO5S. The molecule has 4 rings (SSSR count). The van der Waals surface area contributed by atoms with E-state index in [1.54, 1.807) is 30.7 Å². The van der Waals surface area contributed by atoms with Gasteiger partial charge in [-0.1, -0.05) is 29.8 Å². The highest BCUT2D eigenvalue weighted by atomic mass is 35.5. The second-order valence-electron chi connectivity index (χ2n) is 7.56. The number of halogens is 1. The summed E-state index contributed by atoms with van der Waals surface area (Å²) in [7, 11) is 0. The summed E-state index contributed by atoms with van der Waals surface area (Å²) < 4.78 is 11.4. The molecule has 0 radical (unpaired) electrons. The molecule has 2 aromatic heterocycles. The highest BCUT2D eigenvalue weighted by molar-refractivity contribution is 7.15. The highest BCUT2D eigenvalue weighted by Gasteiger charge is 2.43. The molecule has 164 valence electrons. The molecule has 0 unspecified atom stereocenters. The van der Waals surface area contributed by atoms with Crippen LogP contribution in [0.5, 0.6) is 0 Å². The molecule has 3 heterocycles. The first kappa shape index (κ1) is 22.2. The van der Waals surface area contributed by atoms with E-state index in [1.165, 1.54) is 11.3 Å². The van der Waals surface area contributed by atoms with Crippen LogP contribution in [-0.2, 0) is 11.2 Å². The lowest BCUT2D eigenvalue weighted by molar-refractivity contribution is -0.225. The zero-order chi connectivity index (χ0) is 22.0. The molecule has 1 aliphatic heterocycles. The summed E-state index contributed by atoms with van der Waals surface area (Å²) in [5, 5.41) is 32.6. The number of furan rings is 1. The fourth-order valence-electron chi connectivity index (χ4n) is 3.74. The van der Waals surface area contributed by atoms with Gasteiger partial charge in [-0.25, -0.2) is 4.98 Å². The Morgan fingerprint density at radius 2 is 2.00 bits per heavy atom. The Kier molecular flexibility index (Phi) is 6.91. The Labute approximate surface area is 189 Å². The van der Waals surface area contributed by atoms with Gasteiger partial charge in [-0.2, -0.15) is 0 Å². The molecule has 0 amide bonds. The number of nitrogens with zero attached hydrogens (tertiary/aromatic N) is 1. The number of aliphatic hydroxyl groups excluding tert-OH is 3. The van der Waals surface area contributed by atoms with Crippen LogP contribution in [0.1, 0.15) is 35.1 Å². The highest BCUT2D eigenvalue weighted by Crippen LogP contribution is 2.36. The Bertz CT molecular complexity index is 1020. The Morgan fingerprint density at radius 3 is 2.74 bits per heavy atom. The van der Waals surface area contributed by atoms with E-state index >= 15 is 0 Å². The smallest absolute Gasteiger partial charge is 0.145 e. The van der Waals surface area contributed by atoms with Gasteiger partial charge in [0.1, 0.15) is 30.2 Å². The molecule has 1 fully saturated rings. The first-order valence-electron chi connectivity index (χ1n) is 10.1. The van der Waals surface area contributed by atoms with Crippen molar-refractivity contribution >= 4 is 22.9 Å². The second-order valence-corrected chi connectivity index (χ2v) is 9.08. The van der Waals surface area contributed by atoms with Crippen molar-refractivity contribution in [3.05, 3.63) is 76.6 Å². The van der Waals surface area contributed by atoms with Crippen molar-refractivity contribution in [1.82, 2.24) is 4.98 Å². The average Bonchev–Trinajstić information content (AvgIpc) is 3.45. The molecule has 1 aromatic carbocycles. The summed E-state index contributed by atoms with van der Waals surface area (Å²) in [5.74, 6) is 0.764. The van der Waals surface area contributed by atoms with Gasteiger partial charge < -0.3 is 24.5 Å². The lowest BCUT2D eigenvalue weighted by atomic mass is 9.89. The van der Waals surface area contributed by atoms with Crippen LogP contribution in [-0.4, -0.2) is 44.7 Å². The van der Waals surface area contributed by atoms with Crippen LogP contribution in [0.25, 0.3) is 10.6 Å². The largest absolute Gasteiger partial charge is 0.463 e. The molecule has 5 atom stereocenters. The van der Waals surface area contributed by atoms with Gasteiger partial charge in [-0.3, -0.25) is 0 Å². The normalized spacial score (nSPS) is 26.1. The van der Waals surface area contributed by atoms with Gasteiger partial charge in [0.2, 0.25) is 0 Å². The van der Waals surface area contributed by atoms with E-state index in [2.05, 4.69) is 11.6 Å². The van der Waals surface area contributed by atoms with E-state index in [9.17, 15) is 15.3 Å². The number of hydrogen-bond donors (Lipinski definition) is 3. The van der Waals surface area contributed by atoms with Crippen molar-refractivity contribution < 1.29 is 24.5 Å². The van der Waals surface area contributed by atoms with Crippen molar-refractivity contribution in [2.24, 2.45) is 0 Å². The number of allylic oxidation sites excluding steroid dienone is 1. The van der Waals surface area contributed by atoms with E-state index in [1.807, 2.05) is 18.2 Å². The van der Waals surface area contributed by atoms with Crippen molar-refractivity contribution in [3.8, 4) is 10.6 Å². The van der Waals surface area contributed by atoms with Crippen LogP contribution in [0.2, 0.25) is 5.02 Å². The summed E-state index contributed by atoms with van der Waals surface area (Å²) in [6, 6.07) is 9.09. The van der Waals surface area contributed by atoms with Crippen LogP contribution in [0.15, 0.2) is 59.9 Å². The van der Waals surface area contributed by atoms with E-state index in [-0.39, 0.29) is 0 Å². The third-order valence-corrected chi connectivity index (χ3v) is 6.81. The van der Waals surface area contributed by atoms with E-state index < -0.39 is 30.5 Å². The van der Waals surface area contributed by atoms with E-state index in [0.717, 1.165) is 21.2 Å². The molecule has 0 bridgehead atoms. The minimum Gasteiger partial charge on any atom is -0.463 e. The Balaban J connectivity index is 1.56. The molecule has 31 heavy (non-hydrogen) atoms. The number of aliphatic hydroxyl groups is 3. The molecular weight excluding hydrogens is 438 g/mol. The summed E-state index contributed by atoms with van der Waals surface area (Å²) >= 11 is 7.95. The number of ether oxygens (including phenoxy) is 1. The predicted molar refractivity (Wildman–Crippen MR) is 119 cm³/mol. The lowest BCUT2D eigenvalue weighted by Gasteiger charge is -2.41. The molecule has 3 N–H and O–H groups in total. The topological polar surface area (TPSA) is 96.0 Å². The minimum atomic E-state index is -1.30. The Morgan fingerprint density at radius 1 is 1.16 bits per heavy atom. The number of aromatic nitrogens is 1. The fourth-order valence-corrected chi connectivity index (χ4v) is 4.84. The SMILES string of the molecule is C=CCC[C@H]1O[C@@H](c2ccc(Cl)c(Cc3ncc(-c4ccco4)s3)c2)[C@H](O)[C@H](O)[C@@H]1O. The average molecular weight is 462 g/mol. The number of hydrogen-bond acceptors (Lipinski definition) is 7. The molecule has 1 aliphatic rings. The van der Waals surface area contributed by atoms with Crippen LogP contribution < -0.4 is 0 Å². The standard InChI is InChI=1S/C23H24ClNO5S/c1-2-3-5-17-20(26)21(27)22(28)23(30-17)13-7-8-15(24)14(10-13)11-19-25-12-18(31-19)16-6-4-9-29-16/h2,4,6-10,12,17,20-23,26-28H,1,3,5,11H2/t17-,20-,21-,22-,23+/m1/s1. The summed E-state index contributed by atoms with van der Waals surface area (Å²) in [4.78, 5) is 5.40. The molecule has 0 saturated carbocycles. The van der Waals surface area contributed by atoms with Crippen LogP contribution in [0.3, 0.4) is 0 Å². The fraction of sp³-hybridized carbons (Fsp3) is 0.348. The van der Waals surface area contributed by atoms with Gasteiger partial charge >= 0.3 is 0 Å². The van der Waals surface area contributed by atoms with Crippen molar-refractivity contribution in [2.45, 2.75) is 49.8 Å². The number of thiazole rings is 1. The van der Waals surface area contributed by atoms with Crippen molar-refractivity contribution in [1.29, 1.82) is 0 Å². The van der Waals surface area contributed by atoms with Gasteiger partial charge in [0.15, 0.2) is 0 Å². The quantitative estimate of drug-likeness (QED) is 0.458. The molecule has 1 saturated heterocycles. The first-order chi connectivity index (χ1) is 15.0. The van der Waals surface area contributed by atoms with Gasteiger partial charge in [-0.15, -0.1) is 17.9 Å². The first-order valence-corrected chi connectivity index (χ1v) is 11.2.